The van der Waals surface area contributed by atoms with Crippen LogP contribution in [0.3, 0.4) is 0 Å². The number of aromatic hydroxyl groups is 1. The lowest BCUT2D eigenvalue weighted by Crippen LogP contribution is -2.17. The summed E-state index contributed by atoms with van der Waals surface area (Å²) in [6.07, 6.45) is -3.46. The van der Waals surface area contributed by atoms with Gasteiger partial charge in [-0.3, -0.25) is 4.79 Å². The minimum atomic E-state index is -4.66. The van der Waals surface area contributed by atoms with Crippen LogP contribution >= 0.6 is 22.9 Å². The first-order chi connectivity index (χ1) is 14.1. The van der Waals surface area contributed by atoms with Gasteiger partial charge in [-0.15, -0.1) is 4.73 Å². The number of fused-ring (bicyclic) bond motifs is 1. The maximum absolute atomic E-state index is 13.6. The predicted octanol–water partition coefficient (Wildman–Crippen LogP) is 2.93. The fraction of sp³-hybridized carbons (Fsp3) is 0.105. The quantitative estimate of drug-likeness (QED) is 0.598. The molecule has 11 heteroatoms. The Hall–Kier alpha value is -3.11. The third-order valence-electron chi connectivity index (χ3n) is 4.52. The van der Waals surface area contributed by atoms with E-state index in [1.165, 1.54) is 18.3 Å². The van der Waals surface area contributed by atoms with Crippen molar-refractivity contribution in [3.05, 3.63) is 83.2 Å². The molecule has 2 N–H and O–H groups in total. The summed E-state index contributed by atoms with van der Waals surface area (Å²) in [6, 6.07) is 8.25. The molecule has 0 fully saturated rings. The third kappa shape index (κ3) is 3.59. The molecule has 0 atom stereocenters. The molecule has 0 unspecified atom stereocenters. The second-order valence-electron chi connectivity index (χ2n) is 6.41. The summed E-state index contributed by atoms with van der Waals surface area (Å²) >= 11 is 6.28. The van der Waals surface area contributed by atoms with E-state index < -0.39 is 22.5 Å². The van der Waals surface area contributed by atoms with Crippen molar-refractivity contribution in [3.8, 4) is 5.88 Å². The van der Waals surface area contributed by atoms with Gasteiger partial charge in [-0.2, -0.15) is 23.4 Å². The van der Waals surface area contributed by atoms with Crippen LogP contribution in [-0.4, -0.2) is 21.3 Å². The Kier molecular flexibility index (Phi) is 4.91. The highest BCUT2D eigenvalue weighted by Gasteiger charge is 2.34. The number of nitrogens with zero attached hydrogens (tertiary/aromatic N) is 3. The van der Waals surface area contributed by atoms with Crippen molar-refractivity contribution in [1.82, 2.24) is 4.73 Å². The minimum absolute atomic E-state index is 0.0441. The summed E-state index contributed by atoms with van der Waals surface area (Å²) in [6.45, 7) is 0. The number of hydrogen-bond acceptors (Lipinski definition) is 6. The molecule has 0 bridgehead atoms. The van der Waals surface area contributed by atoms with Gasteiger partial charge in [-0.1, -0.05) is 35.1 Å². The Morgan fingerprint density at radius 3 is 2.63 bits per heavy atom. The molecule has 2 aromatic carbocycles. The molecule has 30 heavy (non-hydrogen) atoms. The van der Waals surface area contributed by atoms with E-state index in [0.29, 0.717) is 27.5 Å². The second-order valence-corrected chi connectivity index (χ2v) is 7.80. The van der Waals surface area contributed by atoms with Crippen LogP contribution in [-0.2, 0) is 12.6 Å². The van der Waals surface area contributed by atoms with E-state index in [0.717, 1.165) is 6.07 Å². The van der Waals surface area contributed by atoms with Crippen molar-refractivity contribution >= 4 is 34.7 Å². The van der Waals surface area contributed by atoms with Gasteiger partial charge < -0.3 is 10.3 Å². The molecule has 2 heterocycles. The smallest absolute Gasteiger partial charge is 0.416 e. The average Bonchev–Trinajstić information content (AvgIpc) is 3.26. The van der Waals surface area contributed by atoms with E-state index in [2.05, 4.69) is 10.2 Å². The summed E-state index contributed by atoms with van der Waals surface area (Å²) in [7, 11) is 0. The number of hydrogen-bond donors (Lipinski definition) is 2. The monoisotopic (exact) mass is 453 g/mol. The van der Waals surface area contributed by atoms with Gasteiger partial charge in [0.05, 0.1) is 22.0 Å². The number of rotatable bonds is 3. The molecule has 0 amide bonds. The molecule has 6 nitrogen and oxygen atoms in total. The highest BCUT2D eigenvalue weighted by molar-refractivity contribution is 7.10. The number of benzene rings is 2. The van der Waals surface area contributed by atoms with Crippen molar-refractivity contribution in [2.24, 2.45) is 10.2 Å². The van der Waals surface area contributed by atoms with Gasteiger partial charge >= 0.3 is 11.0 Å². The van der Waals surface area contributed by atoms with Crippen LogP contribution in [0.4, 0.5) is 13.2 Å². The van der Waals surface area contributed by atoms with Crippen LogP contribution in [0.25, 0.3) is 5.57 Å². The number of thiazole rings is 1. The first kappa shape index (κ1) is 20.2. The van der Waals surface area contributed by atoms with E-state index in [1.54, 1.807) is 18.2 Å². The molecule has 154 valence electrons. The van der Waals surface area contributed by atoms with Gasteiger partial charge in [0.15, 0.2) is 0 Å². The molecule has 1 aliphatic heterocycles. The SMILES string of the molecule is O=c1sc(C(Cc2ccc(Cl)cc2C(F)(F)F)=c2ccc3c(c2)C=NN=3)c(O)n1O. The van der Waals surface area contributed by atoms with Crippen molar-refractivity contribution in [1.29, 1.82) is 0 Å². The molecule has 1 aliphatic rings. The van der Waals surface area contributed by atoms with Crippen LogP contribution < -0.4 is 15.4 Å². The topological polar surface area (TPSA) is 87.2 Å². The van der Waals surface area contributed by atoms with Crippen molar-refractivity contribution in [2.45, 2.75) is 12.6 Å². The largest absolute Gasteiger partial charge is 0.491 e. The summed E-state index contributed by atoms with van der Waals surface area (Å²) in [5.74, 6) is -0.749. The third-order valence-corrected chi connectivity index (χ3v) is 5.74. The average molecular weight is 454 g/mol. The van der Waals surface area contributed by atoms with Crippen molar-refractivity contribution in [3.63, 3.8) is 0 Å². The zero-order valence-electron chi connectivity index (χ0n) is 14.8. The van der Waals surface area contributed by atoms with Crippen LogP contribution in [0.15, 0.2) is 51.4 Å². The molecule has 3 aromatic rings. The summed E-state index contributed by atoms with van der Waals surface area (Å²) in [5.41, 5.74) is -0.184. The Morgan fingerprint density at radius 1 is 1.20 bits per heavy atom. The lowest BCUT2D eigenvalue weighted by molar-refractivity contribution is -0.138. The van der Waals surface area contributed by atoms with Gasteiger partial charge in [-0.25, -0.2) is 0 Å². The number of halogens is 4. The second kappa shape index (κ2) is 7.29. The lowest BCUT2D eigenvalue weighted by atomic mass is 9.96. The molecule has 0 saturated carbocycles. The Bertz CT molecular complexity index is 1380. The molecule has 0 aliphatic carbocycles. The Labute approximate surface area is 175 Å². The van der Waals surface area contributed by atoms with Gasteiger partial charge in [0, 0.05) is 17.0 Å². The normalized spacial score (nSPS) is 13.9. The van der Waals surface area contributed by atoms with Crippen LogP contribution in [0.1, 0.15) is 21.6 Å². The Morgan fingerprint density at radius 2 is 1.97 bits per heavy atom. The van der Waals surface area contributed by atoms with Gasteiger partial charge in [0.2, 0.25) is 5.88 Å². The molecule has 0 saturated heterocycles. The summed E-state index contributed by atoms with van der Waals surface area (Å²) < 4.78 is 40.8. The highest BCUT2D eigenvalue weighted by atomic mass is 35.5. The standard InChI is InChI=1S/C19H11ClF3N3O3S/c20-12-3-1-10(14(7-12)19(21,22)23)6-13(16-17(27)26(29)18(28)30-16)9-2-4-15-11(5-9)8-24-25-15/h1-5,7-8,27,29H,6H2. The van der Waals surface area contributed by atoms with E-state index in [1.807, 2.05) is 0 Å². The van der Waals surface area contributed by atoms with Crippen LogP contribution in [0, 0.1) is 0 Å². The van der Waals surface area contributed by atoms with Crippen molar-refractivity contribution < 1.29 is 23.5 Å². The maximum atomic E-state index is 13.6. The molecular formula is C19H11ClF3N3O3S. The number of aromatic nitrogens is 1. The molecule has 0 radical (unpaired) electrons. The fourth-order valence-corrected chi connectivity index (χ4v) is 4.13. The summed E-state index contributed by atoms with van der Waals surface area (Å²) in [4.78, 5) is 10.9. The molecule has 0 spiro atoms. The van der Waals surface area contributed by atoms with Crippen LogP contribution in [0.2, 0.25) is 5.02 Å². The molecular weight excluding hydrogens is 443 g/mol. The van der Waals surface area contributed by atoms with E-state index in [-0.39, 0.29) is 32.2 Å². The maximum Gasteiger partial charge on any atom is 0.416 e. The van der Waals surface area contributed by atoms with Gasteiger partial charge in [0.1, 0.15) is 0 Å². The Balaban J connectivity index is 1.99. The fourth-order valence-electron chi connectivity index (χ4n) is 3.12. The predicted molar refractivity (Wildman–Crippen MR) is 105 cm³/mol. The highest BCUT2D eigenvalue weighted by Crippen LogP contribution is 2.36. The first-order valence-corrected chi connectivity index (χ1v) is 9.59. The van der Waals surface area contributed by atoms with Gasteiger partial charge in [0.25, 0.3) is 0 Å². The van der Waals surface area contributed by atoms with Crippen molar-refractivity contribution in [2.75, 3.05) is 0 Å². The van der Waals surface area contributed by atoms with E-state index in [4.69, 9.17) is 11.6 Å². The molecule has 4 rings (SSSR count). The zero-order valence-corrected chi connectivity index (χ0v) is 16.4. The minimum Gasteiger partial charge on any atom is -0.491 e. The number of alkyl halides is 3. The van der Waals surface area contributed by atoms with E-state index >= 15 is 0 Å². The lowest BCUT2D eigenvalue weighted by Gasteiger charge is -2.15. The zero-order chi connectivity index (χ0) is 21.6. The van der Waals surface area contributed by atoms with E-state index in [9.17, 15) is 28.3 Å². The first-order valence-electron chi connectivity index (χ1n) is 8.39. The van der Waals surface area contributed by atoms with Crippen LogP contribution in [0.5, 0.6) is 5.88 Å². The van der Waals surface area contributed by atoms with Gasteiger partial charge in [-0.05, 0) is 40.6 Å². The summed E-state index contributed by atoms with van der Waals surface area (Å²) in [5, 5.41) is 28.5. The molecule has 1 aromatic heterocycles.